The van der Waals surface area contributed by atoms with Gasteiger partial charge in [-0.15, -0.1) is 0 Å². The molecule has 0 fully saturated rings. The predicted molar refractivity (Wildman–Crippen MR) is 157 cm³/mol. The number of ether oxygens (including phenoxy) is 4. The first-order chi connectivity index (χ1) is 19.1. The zero-order valence-electron chi connectivity index (χ0n) is 22.5. The molecule has 3 aromatic carbocycles. The van der Waals surface area contributed by atoms with Crippen molar-refractivity contribution < 1.29 is 32.2 Å². The van der Waals surface area contributed by atoms with E-state index in [1.807, 2.05) is 6.92 Å². The lowest BCUT2D eigenvalue weighted by molar-refractivity contribution is -0.119. The van der Waals surface area contributed by atoms with E-state index in [9.17, 15) is 13.2 Å². The van der Waals surface area contributed by atoms with Crippen molar-refractivity contribution in [3.63, 3.8) is 0 Å². The molecule has 0 atom stereocenters. The number of nitrogens with zero attached hydrogens (tertiary/aromatic N) is 2. The van der Waals surface area contributed by atoms with Crippen molar-refractivity contribution in [2.45, 2.75) is 11.8 Å². The number of anilines is 1. The molecular formula is C28H30BrN3O7S. The van der Waals surface area contributed by atoms with Crippen LogP contribution in [0.1, 0.15) is 11.1 Å². The fourth-order valence-corrected chi connectivity index (χ4v) is 5.57. The molecule has 40 heavy (non-hydrogen) atoms. The molecular weight excluding hydrogens is 602 g/mol. The molecule has 0 saturated carbocycles. The van der Waals surface area contributed by atoms with Gasteiger partial charge in [0.1, 0.15) is 24.7 Å². The number of hydrogen-bond acceptors (Lipinski definition) is 8. The van der Waals surface area contributed by atoms with E-state index in [1.165, 1.54) is 51.8 Å². The quantitative estimate of drug-likeness (QED) is 0.165. The number of hydrazone groups is 1. The zero-order valence-corrected chi connectivity index (χ0v) is 24.9. The number of rotatable bonds is 13. The van der Waals surface area contributed by atoms with Gasteiger partial charge in [-0.05, 0) is 64.8 Å². The highest BCUT2D eigenvalue weighted by molar-refractivity contribution is 9.10. The Morgan fingerprint density at radius 3 is 2.35 bits per heavy atom. The van der Waals surface area contributed by atoms with E-state index < -0.39 is 22.5 Å². The van der Waals surface area contributed by atoms with Gasteiger partial charge in [-0.1, -0.05) is 30.4 Å². The second kappa shape index (κ2) is 13.9. The molecule has 3 rings (SSSR count). The van der Waals surface area contributed by atoms with Gasteiger partial charge in [0, 0.05) is 6.07 Å². The van der Waals surface area contributed by atoms with Crippen molar-refractivity contribution in [2.24, 2.45) is 5.10 Å². The van der Waals surface area contributed by atoms with Crippen LogP contribution in [0.2, 0.25) is 0 Å². The highest BCUT2D eigenvalue weighted by Gasteiger charge is 2.29. The average Bonchev–Trinajstić information content (AvgIpc) is 2.95. The molecule has 0 aromatic heterocycles. The van der Waals surface area contributed by atoms with Crippen LogP contribution < -0.4 is 28.7 Å². The van der Waals surface area contributed by atoms with Gasteiger partial charge in [0.2, 0.25) is 0 Å². The molecule has 1 amide bonds. The summed E-state index contributed by atoms with van der Waals surface area (Å²) in [5, 5.41) is 4.00. The summed E-state index contributed by atoms with van der Waals surface area (Å²) in [4.78, 5) is 13.0. The molecule has 10 nitrogen and oxygen atoms in total. The van der Waals surface area contributed by atoms with E-state index >= 15 is 0 Å². The van der Waals surface area contributed by atoms with Crippen LogP contribution in [0, 0.1) is 6.92 Å². The van der Waals surface area contributed by atoms with Gasteiger partial charge < -0.3 is 18.9 Å². The number of carbonyl (C=O) groups excluding carboxylic acids is 1. The van der Waals surface area contributed by atoms with Crippen LogP contribution in [-0.4, -0.2) is 55.0 Å². The topological polar surface area (TPSA) is 116 Å². The number of carbonyl (C=O) groups is 1. The van der Waals surface area contributed by atoms with Crippen molar-refractivity contribution in [1.82, 2.24) is 5.43 Å². The molecule has 0 bridgehead atoms. The highest BCUT2D eigenvalue weighted by Crippen LogP contribution is 2.37. The van der Waals surface area contributed by atoms with E-state index in [4.69, 9.17) is 18.9 Å². The largest absolute Gasteiger partial charge is 0.497 e. The Morgan fingerprint density at radius 1 is 1.02 bits per heavy atom. The number of aryl methyl sites for hydroxylation is 1. The highest BCUT2D eigenvalue weighted by atomic mass is 79.9. The van der Waals surface area contributed by atoms with Crippen LogP contribution >= 0.6 is 15.9 Å². The maximum atomic E-state index is 13.7. The Hall–Kier alpha value is -4.03. The predicted octanol–water partition coefficient (Wildman–Crippen LogP) is 4.69. The average molecular weight is 633 g/mol. The van der Waals surface area contributed by atoms with Crippen LogP contribution in [0.3, 0.4) is 0 Å². The number of sulfonamides is 1. The van der Waals surface area contributed by atoms with Crippen LogP contribution in [0.4, 0.5) is 5.69 Å². The Bertz CT molecular complexity index is 1490. The fourth-order valence-electron chi connectivity index (χ4n) is 3.57. The zero-order chi connectivity index (χ0) is 29.3. The van der Waals surface area contributed by atoms with Crippen molar-refractivity contribution in [3.05, 3.63) is 82.9 Å². The van der Waals surface area contributed by atoms with E-state index in [-0.39, 0.29) is 16.3 Å². The van der Waals surface area contributed by atoms with E-state index in [2.05, 4.69) is 33.0 Å². The number of methoxy groups -OCH3 is 3. The van der Waals surface area contributed by atoms with Gasteiger partial charge in [-0.2, -0.15) is 5.10 Å². The lowest BCUT2D eigenvalue weighted by Crippen LogP contribution is -2.39. The van der Waals surface area contributed by atoms with Crippen molar-refractivity contribution >= 4 is 43.8 Å². The number of amides is 1. The first-order valence-electron chi connectivity index (χ1n) is 11.9. The number of benzene rings is 3. The molecule has 3 aromatic rings. The van der Waals surface area contributed by atoms with Crippen molar-refractivity contribution in [3.8, 4) is 23.0 Å². The van der Waals surface area contributed by atoms with Crippen molar-refractivity contribution in [1.29, 1.82) is 0 Å². The van der Waals surface area contributed by atoms with Crippen molar-refractivity contribution in [2.75, 3.05) is 38.8 Å². The molecule has 0 unspecified atom stereocenters. The van der Waals surface area contributed by atoms with Gasteiger partial charge in [0.05, 0.1) is 42.6 Å². The maximum Gasteiger partial charge on any atom is 0.264 e. The number of nitrogens with one attached hydrogen (secondary N) is 1. The summed E-state index contributed by atoms with van der Waals surface area (Å²) in [5.41, 5.74) is 4.03. The standard InChI is InChI=1S/C28H30BrN3O7S/c1-6-13-39-28-23(29)14-20(15-26(28)38-5)17-30-31-27(33)18-32(24-12-9-21(36-3)16-25(24)37-4)40(34,35)22-10-7-19(2)8-11-22/h6-12,14-17H,1,13,18H2,2-5H3,(H,31,33)/b30-17-. The third-order valence-corrected chi connectivity index (χ3v) is 7.91. The summed E-state index contributed by atoms with van der Waals surface area (Å²) in [5.74, 6) is 0.939. The number of hydrogen-bond donors (Lipinski definition) is 1. The van der Waals surface area contributed by atoms with Crippen LogP contribution in [-0.2, 0) is 14.8 Å². The second-order valence-corrected chi connectivity index (χ2v) is 11.0. The third-order valence-electron chi connectivity index (χ3n) is 5.55. The minimum Gasteiger partial charge on any atom is -0.497 e. The molecule has 0 aliphatic rings. The SMILES string of the molecule is C=CCOc1c(Br)cc(/C=N\NC(=O)CN(c2ccc(OC)cc2OC)S(=O)(=O)c2ccc(C)cc2)cc1OC. The van der Waals surface area contributed by atoms with Gasteiger partial charge in [0.25, 0.3) is 15.9 Å². The van der Waals surface area contributed by atoms with E-state index in [1.54, 1.807) is 36.4 Å². The summed E-state index contributed by atoms with van der Waals surface area (Å²) in [7, 11) is 0.221. The molecule has 0 aliphatic carbocycles. The van der Waals surface area contributed by atoms with E-state index in [0.717, 1.165) is 9.87 Å². The summed E-state index contributed by atoms with van der Waals surface area (Å²) in [6, 6.07) is 14.4. The lowest BCUT2D eigenvalue weighted by Gasteiger charge is -2.25. The molecule has 0 aliphatic heterocycles. The Balaban J connectivity index is 1.89. The summed E-state index contributed by atoms with van der Waals surface area (Å²) < 4.78 is 50.6. The maximum absolute atomic E-state index is 13.7. The molecule has 1 N–H and O–H groups in total. The van der Waals surface area contributed by atoms with Gasteiger partial charge >= 0.3 is 0 Å². The Morgan fingerprint density at radius 2 is 1.73 bits per heavy atom. The minimum absolute atomic E-state index is 0.0166. The summed E-state index contributed by atoms with van der Waals surface area (Å²) >= 11 is 3.44. The molecule has 0 saturated heterocycles. The minimum atomic E-state index is -4.17. The summed E-state index contributed by atoms with van der Waals surface area (Å²) in [6.45, 7) is 5.20. The third kappa shape index (κ3) is 7.33. The molecule has 212 valence electrons. The lowest BCUT2D eigenvalue weighted by atomic mass is 10.2. The fraction of sp³-hybridized carbons (Fsp3) is 0.214. The normalized spacial score (nSPS) is 11.1. The van der Waals surface area contributed by atoms with Gasteiger partial charge in [-0.25, -0.2) is 13.8 Å². The monoisotopic (exact) mass is 631 g/mol. The molecule has 12 heteroatoms. The first kappa shape index (κ1) is 30.5. The van der Waals surface area contributed by atoms with Crippen LogP contribution in [0.5, 0.6) is 23.0 Å². The van der Waals surface area contributed by atoms with Crippen LogP contribution in [0.25, 0.3) is 0 Å². The van der Waals surface area contributed by atoms with E-state index in [0.29, 0.717) is 33.9 Å². The second-order valence-electron chi connectivity index (χ2n) is 8.29. The van der Waals surface area contributed by atoms with Crippen LogP contribution in [0.15, 0.2) is 81.7 Å². The summed E-state index contributed by atoms with van der Waals surface area (Å²) in [6.07, 6.45) is 3.01. The Kier molecular flexibility index (Phi) is 10.6. The van der Waals surface area contributed by atoms with Gasteiger partial charge in [0.15, 0.2) is 11.5 Å². The number of halogens is 1. The Labute approximate surface area is 242 Å². The molecule has 0 heterocycles. The molecule has 0 radical (unpaired) electrons. The molecule has 0 spiro atoms. The smallest absolute Gasteiger partial charge is 0.264 e. The van der Waals surface area contributed by atoms with Gasteiger partial charge in [-0.3, -0.25) is 9.10 Å². The first-order valence-corrected chi connectivity index (χ1v) is 14.1.